The lowest BCUT2D eigenvalue weighted by molar-refractivity contribution is 0.290. The van der Waals surface area contributed by atoms with Crippen molar-refractivity contribution in [3.8, 4) is 11.5 Å². The second kappa shape index (κ2) is 4.60. The summed E-state index contributed by atoms with van der Waals surface area (Å²) in [7, 11) is 0. The summed E-state index contributed by atoms with van der Waals surface area (Å²) in [4.78, 5) is 0. The average Bonchev–Trinajstić information content (AvgIpc) is 2.50. The summed E-state index contributed by atoms with van der Waals surface area (Å²) in [5, 5.41) is 0. The van der Waals surface area contributed by atoms with E-state index in [1.165, 1.54) is 0 Å². The third kappa shape index (κ3) is 2.91. The zero-order valence-electron chi connectivity index (χ0n) is 10.3. The highest BCUT2D eigenvalue weighted by Crippen LogP contribution is 2.31. The molecule has 3 nitrogen and oxygen atoms in total. The summed E-state index contributed by atoms with van der Waals surface area (Å²) in [6, 6.07) is 0. The van der Waals surface area contributed by atoms with Crippen molar-refractivity contribution >= 4 is 0 Å². The Labute approximate surface area is 92.0 Å². The Bertz CT molecular complexity index is 286. The van der Waals surface area contributed by atoms with Crippen LogP contribution in [0.4, 0.5) is 0 Å². The molecule has 0 radical (unpaired) electrons. The van der Waals surface area contributed by atoms with Crippen molar-refractivity contribution in [3.05, 3.63) is 12.4 Å². The first kappa shape index (κ1) is 12.0. The molecule has 0 saturated heterocycles. The summed E-state index contributed by atoms with van der Waals surface area (Å²) in [6.07, 6.45) is 3.99. The van der Waals surface area contributed by atoms with Gasteiger partial charge in [-0.25, -0.2) is 0 Å². The van der Waals surface area contributed by atoms with Crippen LogP contribution < -0.4 is 9.47 Å². The van der Waals surface area contributed by atoms with Crippen LogP contribution in [0.2, 0.25) is 0 Å². The molecule has 0 N–H and O–H groups in total. The van der Waals surface area contributed by atoms with Gasteiger partial charge < -0.3 is 14.0 Å². The van der Waals surface area contributed by atoms with Crippen molar-refractivity contribution in [2.24, 2.45) is 0 Å². The molecule has 0 aliphatic carbocycles. The molecule has 0 saturated carbocycles. The SMILES string of the molecule is CCOc1cn(C(C)(C)C)cc1OCC. The molecule has 0 spiro atoms. The van der Waals surface area contributed by atoms with Gasteiger partial charge in [-0.05, 0) is 34.6 Å². The van der Waals surface area contributed by atoms with E-state index >= 15 is 0 Å². The molecule has 0 aliphatic rings. The van der Waals surface area contributed by atoms with Crippen LogP contribution in [0.3, 0.4) is 0 Å². The third-order valence-electron chi connectivity index (χ3n) is 2.13. The molecular weight excluding hydrogens is 190 g/mol. The first-order chi connectivity index (χ1) is 6.99. The Morgan fingerprint density at radius 1 is 1.00 bits per heavy atom. The van der Waals surface area contributed by atoms with E-state index in [0.29, 0.717) is 13.2 Å². The number of nitrogens with zero attached hydrogens (tertiary/aromatic N) is 1. The largest absolute Gasteiger partial charge is 0.488 e. The molecule has 1 rings (SSSR count). The van der Waals surface area contributed by atoms with E-state index in [1.54, 1.807) is 0 Å². The van der Waals surface area contributed by atoms with Crippen LogP contribution in [0.1, 0.15) is 34.6 Å². The van der Waals surface area contributed by atoms with E-state index in [0.717, 1.165) is 11.5 Å². The van der Waals surface area contributed by atoms with Gasteiger partial charge in [0.05, 0.1) is 25.6 Å². The van der Waals surface area contributed by atoms with Crippen molar-refractivity contribution in [2.45, 2.75) is 40.2 Å². The lowest BCUT2D eigenvalue weighted by Crippen LogP contribution is -2.19. The molecular formula is C12H21NO2. The molecule has 0 aliphatic heterocycles. The molecule has 86 valence electrons. The summed E-state index contributed by atoms with van der Waals surface area (Å²) < 4.78 is 13.2. The van der Waals surface area contributed by atoms with Gasteiger partial charge >= 0.3 is 0 Å². The minimum absolute atomic E-state index is 0.0567. The highest BCUT2D eigenvalue weighted by Gasteiger charge is 2.17. The average molecular weight is 211 g/mol. The van der Waals surface area contributed by atoms with Gasteiger partial charge in [0.2, 0.25) is 0 Å². The van der Waals surface area contributed by atoms with Crippen LogP contribution in [-0.4, -0.2) is 17.8 Å². The fourth-order valence-corrected chi connectivity index (χ4v) is 1.33. The molecule has 15 heavy (non-hydrogen) atoms. The van der Waals surface area contributed by atoms with Gasteiger partial charge in [0.25, 0.3) is 0 Å². The lowest BCUT2D eigenvalue weighted by atomic mass is 10.1. The zero-order valence-corrected chi connectivity index (χ0v) is 10.3. The van der Waals surface area contributed by atoms with Crippen LogP contribution in [0.5, 0.6) is 11.5 Å². The molecule has 3 heteroatoms. The minimum atomic E-state index is 0.0567. The van der Waals surface area contributed by atoms with Crippen molar-refractivity contribution in [3.63, 3.8) is 0 Å². The highest BCUT2D eigenvalue weighted by molar-refractivity contribution is 5.38. The number of ether oxygens (including phenoxy) is 2. The maximum absolute atomic E-state index is 5.52. The molecule has 1 heterocycles. The maximum atomic E-state index is 5.52. The summed E-state index contributed by atoms with van der Waals surface area (Å²) >= 11 is 0. The third-order valence-corrected chi connectivity index (χ3v) is 2.13. The van der Waals surface area contributed by atoms with Gasteiger partial charge in [0, 0.05) is 5.54 Å². The monoisotopic (exact) mass is 211 g/mol. The lowest BCUT2D eigenvalue weighted by Gasteiger charge is -2.20. The van der Waals surface area contributed by atoms with Crippen molar-refractivity contribution < 1.29 is 9.47 Å². The van der Waals surface area contributed by atoms with Gasteiger partial charge in [0.1, 0.15) is 0 Å². The molecule has 0 amide bonds. The molecule has 0 atom stereocenters. The first-order valence-corrected chi connectivity index (χ1v) is 5.47. The summed E-state index contributed by atoms with van der Waals surface area (Å²) in [5.74, 6) is 1.66. The smallest absolute Gasteiger partial charge is 0.178 e. The van der Waals surface area contributed by atoms with E-state index in [2.05, 4.69) is 25.3 Å². The van der Waals surface area contributed by atoms with Gasteiger partial charge in [0.15, 0.2) is 11.5 Å². The summed E-state index contributed by atoms with van der Waals surface area (Å²) in [5.41, 5.74) is 0.0567. The first-order valence-electron chi connectivity index (χ1n) is 5.47. The normalized spacial score (nSPS) is 11.5. The Hall–Kier alpha value is -1.12. The van der Waals surface area contributed by atoms with Gasteiger partial charge in [-0.2, -0.15) is 0 Å². The van der Waals surface area contributed by atoms with Crippen LogP contribution >= 0.6 is 0 Å². The van der Waals surface area contributed by atoms with Crippen molar-refractivity contribution in [1.82, 2.24) is 4.57 Å². The van der Waals surface area contributed by atoms with Gasteiger partial charge in [-0.3, -0.25) is 0 Å². The maximum Gasteiger partial charge on any atom is 0.178 e. The molecule has 0 aromatic carbocycles. The van der Waals surface area contributed by atoms with Crippen molar-refractivity contribution in [1.29, 1.82) is 0 Å². The fourth-order valence-electron chi connectivity index (χ4n) is 1.33. The van der Waals surface area contributed by atoms with E-state index in [-0.39, 0.29) is 5.54 Å². The second-order valence-corrected chi connectivity index (χ2v) is 4.43. The predicted octanol–water partition coefficient (Wildman–Crippen LogP) is 3.04. The Balaban J connectivity index is 2.98. The number of hydrogen-bond acceptors (Lipinski definition) is 2. The summed E-state index contributed by atoms with van der Waals surface area (Å²) in [6.45, 7) is 11.7. The fraction of sp³-hybridized carbons (Fsp3) is 0.667. The second-order valence-electron chi connectivity index (χ2n) is 4.43. The van der Waals surface area contributed by atoms with Crippen LogP contribution in [0.25, 0.3) is 0 Å². The van der Waals surface area contributed by atoms with E-state index in [1.807, 2.05) is 26.2 Å². The number of hydrogen-bond donors (Lipinski definition) is 0. The van der Waals surface area contributed by atoms with Crippen LogP contribution in [0, 0.1) is 0 Å². The van der Waals surface area contributed by atoms with E-state index in [4.69, 9.17) is 9.47 Å². The van der Waals surface area contributed by atoms with Gasteiger partial charge in [-0.1, -0.05) is 0 Å². The van der Waals surface area contributed by atoms with E-state index < -0.39 is 0 Å². The molecule has 0 unspecified atom stereocenters. The standard InChI is InChI=1S/C12H21NO2/c1-6-14-10-8-13(12(3,4)5)9-11(10)15-7-2/h8-9H,6-7H2,1-5H3. The molecule has 0 bridgehead atoms. The predicted molar refractivity (Wildman–Crippen MR) is 61.8 cm³/mol. The number of aromatic nitrogens is 1. The zero-order chi connectivity index (χ0) is 11.5. The number of rotatable bonds is 4. The molecule has 1 aromatic heterocycles. The Morgan fingerprint density at radius 3 is 1.67 bits per heavy atom. The topological polar surface area (TPSA) is 23.4 Å². The Kier molecular flexibility index (Phi) is 3.66. The van der Waals surface area contributed by atoms with Crippen LogP contribution in [-0.2, 0) is 5.54 Å². The van der Waals surface area contributed by atoms with E-state index in [9.17, 15) is 0 Å². The van der Waals surface area contributed by atoms with Crippen LogP contribution in [0.15, 0.2) is 12.4 Å². The van der Waals surface area contributed by atoms with Gasteiger partial charge in [-0.15, -0.1) is 0 Å². The quantitative estimate of drug-likeness (QED) is 0.764. The van der Waals surface area contributed by atoms with Crippen molar-refractivity contribution in [2.75, 3.05) is 13.2 Å². The highest BCUT2D eigenvalue weighted by atomic mass is 16.5. The molecule has 0 fully saturated rings. The minimum Gasteiger partial charge on any atom is -0.488 e. The molecule has 1 aromatic rings. The Morgan fingerprint density at radius 2 is 1.40 bits per heavy atom.